The number of nitrogens with one attached hydrogen (secondary N) is 1. The minimum Gasteiger partial charge on any atom is -0.381 e. The second kappa shape index (κ2) is 11.4. The zero-order valence-corrected chi connectivity index (χ0v) is 11.4. The molecule has 3 heteroatoms. The fourth-order valence-electron chi connectivity index (χ4n) is 1.07. The highest BCUT2D eigenvalue weighted by molar-refractivity contribution is 4.48. The third kappa shape index (κ3) is 12.0. The summed E-state index contributed by atoms with van der Waals surface area (Å²) in [6, 6.07) is 0. The molecule has 0 aliphatic rings. The minimum absolute atomic E-state index is 0.683. The lowest BCUT2D eigenvalue weighted by atomic mass is 10.1. The van der Waals surface area contributed by atoms with Crippen LogP contribution in [-0.2, 0) is 9.57 Å². The van der Waals surface area contributed by atoms with Crippen molar-refractivity contribution in [2.75, 3.05) is 26.4 Å². The Morgan fingerprint density at radius 1 is 1.06 bits per heavy atom. The van der Waals surface area contributed by atoms with E-state index in [9.17, 15) is 0 Å². The molecule has 0 saturated heterocycles. The van der Waals surface area contributed by atoms with Crippen LogP contribution in [0.25, 0.3) is 0 Å². The Hall–Kier alpha value is -0.120. The number of hydrogen-bond donors (Lipinski definition) is 1. The summed E-state index contributed by atoms with van der Waals surface area (Å²) >= 11 is 0. The van der Waals surface area contributed by atoms with Crippen LogP contribution in [0.15, 0.2) is 0 Å². The Morgan fingerprint density at radius 2 is 1.81 bits per heavy atom. The zero-order chi connectivity index (χ0) is 12.2. The van der Waals surface area contributed by atoms with E-state index in [2.05, 4.69) is 33.2 Å². The molecule has 3 nitrogen and oxygen atoms in total. The molecule has 0 spiro atoms. The predicted octanol–water partition coefficient (Wildman–Crippen LogP) is 3.01. The van der Waals surface area contributed by atoms with Gasteiger partial charge in [-0.05, 0) is 24.7 Å². The summed E-state index contributed by atoms with van der Waals surface area (Å²) in [5.41, 5.74) is 2.99. The maximum Gasteiger partial charge on any atom is 0.0704 e. The van der Waals surface area contributed by atoms with E-state index in [0.29, 0.717) is 5.92 Å². The van der Waals surface area contributed by atoms with Gasteiger partial charge in [0.15, 0.2) is 0 Å². The molecule has 98 valence electrons. The Balaban J connectivity index is 2.99. The van der Waals surface area contributed by atoms with Gasteiger partial charge < -0.3 is 9.57 Å². The minimum atomic E-state index is 0.683. The van der Waals surface area contributed by atoms with Crippen LogP contribution in [-0.4, -0.2) is 26.4 Å². The van der Waals surface area contributed by atoms with Crippen molar-refractivity contribution in [2.24, 2.45) is 11.8 Å². The molecule has 1 unspecified atom stereocenters. The van der Waals surface area contributed by atoms with Crippen LogP contribution >= 0.6 is 0 Å². The molecular formula is C13H29NO2. The molecule has 0 radical (unpaired) electrons. The molecule has 0 amide bonds. The van der Waals surface area contributed by atoms with Gasteiger partial charge in [-0.25, -0.2) is 5.48 Å². The lowest BCUT2D eigenvalue weighted by Crippen LogP contribution is -2.22. The van der Waals surface area contributed by atoms with Crippen LogP contribution in [0.5, 0.6) is 0 Å². The summed E-state index contributed by atoms with van der Waals surface area (Å²) in [5, 5.41) is 0. The first kappa shape index (κ1) is 15.9. The Bertz CT molecular complexity index is 140. The molecule has 0 aliphatic heterocycles. The van der Waals surface area contributed by atoms with Crippen molar-refractivity contribution in [1.29, 1.82) is 0 Å². The fourth-order valence-corrected chi connectivity index (χ4v) is 1.07. The largest absolute Gasteiger partial charge is 0.381 e. The number of hydroxylamine groups is 1. The van der Waals surface area contributed by atoms with Gasteiger partial charge in [-0.2, -0.15) is 0 Å². The summed E-state index contributed by atoms with van der Waals surface area (Å²) in [6.45, 7) is 12.2. The highest BCUT2D eigenvalue weighted by atomic mass is 16.6. The molecule has 1 atom stereocenters. The number of rotatable bonds is 11. The maximum atomic E-state index is 5.49. The fraction of sp³-hybridized carbons (Fsp3) is 1.00. The van der Waals surface area contributed by atoms with Gasteiger partial charge in [0, 0.05) is 19.8 Å². The molecule has 0 aromatic rings. The van der Waals surface area contributed by atoms with E-state index in [-0.39, 0.29) is 0 Å². The highest BCUT2D eigenvalue weighted by Crippen LogP contribution is 1.99. The third-order valence-corrected chi connectivity index (χ3v) is 2.61. The van der Waals surface area contributed by atoms with Gasteiger partial charge >= 0.3 is 0 Å². The monoisotopic (exact) mass is 231 g/mol. The number of ether oxygens (including phenoxy) is 1. The average Bonchev–Trinajstić information content (AvgIpc) is 2.26. The van der Waals surface area contributed by atoms with Crippen molar-refractivity contribution in [2.45, 2.75) is 47.0 Å². The van der Waals surface area contributed by atoms with Crippen molar-refractivity contribution in [3.8, 4) is 0 Å². The quantitative estimate of drug-likeness (QED) is 0.438. The zero-order valence-electron chi connectivity index (χ0n) is 11.4. The average molecular weight is 231 g/mol. The van der Waals surface area contributed by atoms with Crippen molar-refractivity contribution >= 4 is 0 Å². The Kier molecular flexibility index (Phi) is 11.3. The summed E-state index contributed by atoms with van der Waals surface area (Å²) in [6.07, 6.45) is 3.30. The van der Waals surface area contributed by atoms with Crippen LogP contribution in [0.1, 0.15) is 47.0 Å². The molecule has 0 aromatic carbocycles. The summed E-state index contributed by atoms with van der Waals surface area (Å²) in [7, 11) is 0. The number of hydrogen-bond acceptors (Lipinski definition) is 3. The first-order chi connectivity index (χ1) is 7.66. The molecule has 0 fully saturated rings. The molecule has 1 N–H and O–H groups in total. The van der Waals surface area contributed by atoms with E-state index in [4.69, 9.17) is 9.57 Å². The van der Waals surface area contributed by atoms with Gasteiger partial charge in [-0.15, -0.1) is 0 Å². The summed E-state index contributed by atoms with van der Waals surface area (Å²) in [4.78, 5) is 5.30. The smallest absolute Gasteiger partial charge is 0.0704 e. The van der Waals surface area contributed by atoms with E-state index in [0.717, 1.165) is 45.1 Å². The molecule has 16 heavy (non-hydrogen) atoms. The van der Waals surface area contributed by atoms with E-state index in [1.807, 2.05) is 0 Å². The van der Waals surface area contributed by atoms with Crippen LogP contribution < -0.4 is 5.48 Å². The summed E-state index contributed by atoms with van der Waals surface area (Å²) < 4.78 is 5.49. The lowest BCUT2D eigenvalue weighted by molar-refractivity contribution is 0.0160. The second-order valence-electron chi connectivity index (χ2n) is 4.86. The van der Waals surface area contributed by atoms with Crippen LogP contribution in [0, 0.1) is 11.8 Å². The van der Waals surface area contributed by atoms with Crippen LogP contribution in [0.4, 0.5) is 0 Å². The van der Waals surface area contributed by atoms with E-state index in [1.54, 1.807) is 0 Å². The summed E-state index contributed by atoms with van der Waals surface area (Å²) in [5.74, 6) is 1.41. The lowest BCUT2D eigenvalue weighted by Gasteiger charge is -2.10. The molecular weight excluding hydrogens is 202 g/mol. The van der Waals surface area contributed by atoms with Gasteiger partial charge in [-0.1, -0.05) is 34.1 Å². The van der Waals surface area contributed by atoms with Crippen LogP contribution in [0.3, 0.4) is 0 Å². The van der Waals surface area contributed by atoms with Gasteiger partial charge in [-0.3, -0.25) is 0 Å². The van der Waals surface area contributed by atoms with E-state index >= 15 is 0 Å². The maximum absolute atomic E-state index is 5.49. The molecule has 0 aliphatic carbocycles. The van der Waals surface area contributed by atoms with E-state index in [1.165, 1.54) is 6.42 Å². The molecule has 0 aromatic heterocycles. The normalized spacial score (nSPS) is 13.3. The first-order valence-corrected chi connectivity index (χ1v) is 6.59. The topological polar surface area (TPSA) is 30.5 Å². The van der Waals surface area contributed by atoms with E-state index < -0.39 is 0 Å². The van der Waals surface area contributed by atoms with Crippen molar-refractivity contribution < 1.29 is 9.57 Å². The third-order valence-electron chi connectivity index (χ3n) is 2.61. The van der Waals surface area contributed by atoms with Gasteiger partial charge in [0.1, 0.15) is 0 Å². The second-order valence-corrected chi connectivity index (χ2v) is 4.86. The SMILES string of the molecule is CCC(C)CNOCCCOCCC(C)C. The Morgan fingerprint density at radius 3 is 2.44 bits per heavy atom. The first-order valence-electron chi connectivity index (χ1n) is 6.59. The molecule has 0 saturated carbocycles. The standard InChI is InChI=1S/C13H29NO2/c1-5-13(4)11-14-16-9-6-8-15-10-7-12(2)3/h12-14H,5-11H2,1-4H3. The van der Waals surface area contributed by atoms with Crippen molar-refractivity contribution in [3.63, 3.8) is 0 Å². The predicted molar refractivity (Wildman–Crippen MR) is 68.3 cm³/mol. The van der Waals surface area contributed by atoms with Crippen LogP contribution in [0.2, 0.25) is 0 Å². The Labute approximate surface area is 101 Å². The molecule has 0 rings (SSSR count). The van der Waals surface area contributed by atoms with Crippen molar-refractivity contribution in [3.05, 3.63) is 0 Å². The highest BCUT2D eigenvalue weighted by Gasteiger charge is 1.97. The van der Waals surface area contributed by atoms with Gasteiger partial charge in [0.2, 0.25) is 0 Å². The van der Waals surface area contributed by atoms with Gasteiger partial charge in [0.25, 0.3) is 0 Å². The molecule has 0 heterocycles. The molecule has 0 bridgehead atoms. The van der Waals surface area contributed by atoms with Gasteiger partial charge in [0.05, 0.1) is 6.61 Å². The van der Waals surface area contributed by atoms with Crippen molar-refractivity contribution in [1.82, 2.24) is 5.48 Å².